The fourth-order valence-corrected chi connectivity index (χ4v) is 3.33. The van der Waals surface area contributed by atoms with Gasteiger partial charge in [-0.05, 0) is 69.1 Å². The molecular formula is C16H11Br2ClN4O. The van der Waals surface area contributed by atoms with Gasteiger partial charge in [0.2, 0.25) is 0 Å². The number of H-pyrrole nitrogens is 1. The van der Waals surface area contributed by atoms with Crippen LogP contribution in [0, 0.1) is 6.92 Å². The van der Waals surface area contributed by atoms with Gasteiger partial charge in [0, 0.05) is 27.6 Å². The van der Waals surface area contributed by atoms with Gasteiger partial charge in [0.25, 0.3) is 5.56 Å². The number of aryl methyl sites for hydroxylation is 1. The Balaban J connectivity index is 1.99. The second kappa shape index (κ2) is 7.04. The molecule has 2 aromatic heterocycles. The maximum Gasteiger partial charge on any atom is 0.280 e. The molecule has 0 aliphatic rings. The summed E-state index contributed by atoms with van der Waals surface area (Å²) < 4.78 is 3.03. The van der Waals surface area contributed by atoms with Gasteiger partial charge in [-0.15, -0.1) is 0 Å². The van der Waals surface area contributed by atoms with Gasteiger partial charge in [-0.1, -0.05) is 11.6 Å². The number of pyridine rings is 1. The third-order valence-corrected chi connectivity index (χ3v) is 4.58. The summed E-state index contributed by atoms with van der Waals surface area (Å²) in [6.07, 6.45) is 3.16. The monoisotopic (exact) mass is 468 g/mol. The molecule has 0 atom stereocenters. The lowest BCUT2D eigenvalue weighted by Gasteiger charge is -2.00. The van der Waals surface area contributed by atoms with Crippen LogP contribution >= 0.6 is 43.5 Å². The highest BCUT2D eigenvalue weighted by atomic mass is 79.9. The molecule has 0 aliphatic heterocycles. The third kappa shape index (κ3) is 3.53. The molecule has 3 rings (SSSR count). The van der Waals surface area contributed by atoms with Gasteiger partial charge >= 0.3 is 0 Å². The first-order chi connectivity index (χ1) is 11.5. The molecule has 2 heterocycles. The first kappa shape index (κ1) is 17.1. The smallest absolute Gasteiger partial charge is 0.280 e. The quantitative estimate of drug-likeness (QED) is 0.559. The van der Waals surface area contributed by atoms with E-state index in [1.165, 1.54) is 10.9 Å². The first-order valence-corrected chi connectivity index (χ1v) is 8.85. The van der Waals surface area contributed by atoms with Crippen molar-refractivity contribution in [2.24, 2.45) is 4.99 Å². The van der Waals surface area contributed by atoms with E-state index in [1.807, 2.05) is 13.0 Å². The Labute approximate surface area is 159 Å². The van der Waals surface area contributed by atoms with Crippen molar-refractivity contribution in [1.82, 2.24) is 14.8 Å². The van der Waals surface area contributed by atoms with Crippen molar-refractivity contribution in [3.8, 4) is 5.69 Å². The number of nitrogens with zero attached hydrogens (tertiary/aromatic N) is 3. The Bertz CT molecular complexity index is 977. The van der Waals surface area contributed by atoms with Gasteiger partial charge in [-0.3, -0.25) is 9.89 Å². The predicted octanol–water partition coefficient (Wildman–Crippen LogP) is 4.80. The fraction of sp³-hybridized carbons (Fsp3) is 0.0625. The standard InChI is InChI=1S/C16H11Br2ClN4O/c1-9-13(8-21-15-14(18)6-10(17)7-20-15)16(24)23(22-9)12-4-2-11(19)3-5-12/h2-8,22H,1H3/b21-8+. The number of rotatable bonds is 3. The van der Waals surface area contributed by atoms with Crippen LogP contribution in [0.1, 0.15) is 11.3 Å². The average Bonchev–Trinajstić information content (AvgIpc) is 2.82. The number of aromatic nitrogens is 3. The summed E-state index contributed by atoms with van der Waals surface area (Å²) in [5, 5.41) is 3.65. The molecule has 0 amide bonds. The molecule has 1 N–H and O–H groups in total. The lowest BCUT2D eigenvalue weighted by molar-refractivity contribution is 0.835. The number of hydrogen-bond donors (Lipinski definition) is 1. The average molecular weight is 471 g/mol. The molecular weight excluding hydrogens is 459 g/mol. The second-order valence-electron chi connectivity index (χ2n) is 4.98. The molecule has 3 aromatic rings. The van der Waals surface area contributed by atoms with E-state index in [0.717, 1.165) is 8.95 Å². The molecule has 0 unspecified atom stereocenters. The number of nitrogens with one attached hydrogen (secondary N) is 1. The highest BCUT2D eigenvalue weighted by Crippen LogP contribution is 2.25. The summed E-state index contributed by atoms with van der Waals surface area (Å²) in [7, 11) is 0. The normalized spacial score (nSPS) is 11.3. The van der Waals surface area contributed by atoms with Gasteiger partial charge in [0.05, 0.1) is 15.7 Å². The minimum Gasteiger partial charge on any atom is -0.295 e. The van der Waals surface area contributed by atoms with E-state index < -0.39 is 0 Å². The number of halogens is 3. The Morgan fingerprint density at radius 1 is 1.29 bits per heavy atom. The highest BCUT2D eigenvalue weighted by Gasteiger charge is 2.11. The molecule has 5 nitrogen and oxygen atoms in total. The number of benzene rings is 1. The Morgan fingerprint density at radius 3 is 2.67 bits per heavy atom. The largest absolute Gasteiger partial charge is 0.295 e. The van der Waals surface area contributed by atoms with Crippen molar-refractivity contribution in [1.29, 1.82) is 0 Å². The lowest BCUT2D eigenvalue weighted by Crippen LogP contribution is -2.17. The molecule has 0 aliphatic carbocycles. The highest BCUT2D eigenvalue weighted by molar-refractivity contribution is 9.11. The summed E-state index contributed by atoms with van der Waals surface area (Å²) >= 11 is 12.6. The number of aromatic amines is 1. The van der Waals surface area contributed by atoms with Crippen LogP contribution in [0.4, 0.5) is 5.82 Å². The summed E-state index contributed by atoms with van der Waals surface area (Å²) in [6.45, 7) is 1.82. The van der Waals surface area contributed by atoms with Crippen LogP contribution in [-0.2, 0) is 0 Å². The van der Waals surface area contributed by atoms with Crippen molar-refractivity contribution in [3.05, 3.63) is 72.1 Å². The molecule has 0 bridgehead atoms. The summed E-state index contributed by atoms with van der Waals surface area (Å²) in [6, 6.07) is 8.85. The van der Waals surface area contributed by atoms with E-state index in [9.17, 15) is 4.79 Å². The minimum absolute atomic E-state index is 0.188. The summed E-state index contributed by atoms with van der Waals surface area (Å²) in [5.41, 5.74) is 1.70. The molecule has 24 heavy (non-hydrogen) atoms. The first-order valence-electron chi connectivity index (χ1n) is 6.88. The zero-order valence-electron chi connectivity index (χ0n) is 12.4. The third-order valence-electron chi connectivity index (χ3n) is 3.31. The van der Waals surface area contributed by atoms with Crippen LogP contribution < -0.4 is 5.56 Å². The summed E-state index contributed by atoms with van der Waals surface area (Å²) in [4.78, 5) is 21.1. The van der Waals surface area contributed by atoms with Crippen LogP contribution in [0.3, 0.4) is 0 Å². The van der Waals surface area contributed by atoms with Crippen molar-refractivity contribution >= 4 is 55.5 Å². The molecule has 0 spiro atoms. The maximum absolute atomic E-state index is 12.6. The van der Waals surface area contributed by atoms with Crippen LogP contribution in [-0.4, -0.2) is 21.0 Å². The molecule has 0 saturated carbocycles. The molecule has 8 heteroatoms. The zero-order valence-corrected chi connectivity index (χ0v) is 16.4. The molecule has 0 radical (unpaired) electrons. The van der Waals surface area contributed by atoms with Gasteiger partial charge in [0.1, 0.15) is 0 Å². The van der Waals surface area contributed by atoms with Crippen LogP contribution in [0.5, 0.6) is 0 Å². The van der Waals surface area contributed by atoms with Gasteiger partial charge in [0.15, 0.2) is 5.82 Å². The van der Waals surface area contributed by atoms with E-state index in [1.54, 1.807) is 30.5 Å². The topological polar surface area (TPSA) is 63.0 Å². The second-order valence-corrected chi connectivity index (χ2v) is 7.19. The van der Waals surface area contributed by atoms with Gasteiger partial charge < -0.3 is 0 Å². The van der Waals surface area contributed by atoms with Crippen molar-refractivity contribution < 1.29 is 0 Å². The van der Waals surface area contributed by atoms with E-state index in [0.29, 0.717) is 27.8 Å². The lowest BCUT2D eigenvalue weighted by atomic mass is 10.3. The number of aliphatic imine (C=N–C) groups is 1. The number of hydrogen-bond acceptors (Lipinski definition) is 3. The SMILES string of the molecule is Cc1[nH]n(-c2ccc(Cl)cc2)c(=O)c1/C=N/c1ncc(Br)cc1Br. The van der Waals surface area contributed by atoms with Crippen molar-refractivity contribution in [2.45, 2.75) is 6.92 Å². The molecule has 0 saturated heterocycles. The minimum atomic E-state index is -0.188. The molecule has 122 valence electrons. The molecule has 1 aromatic carbocycles. The van der Waals surface area contributed by atoms with Gasteiger partial charge in [-0.25, -0.2) is 14.7 Å². The van der Waals surface area contributed by atoms with Crippen molar-refractivity contribution in [2.75, 3.05) is 0 Å². The maximum atomic E-state index is 12.6. The van der Waals surface area contributed by atoms with E-state index >= 15 is 0 Å². The predicted molar refractivity (Wildman–Crippen MR) is 103 cm³/mol. The van der Waals surface area contributed by atoms with E-state index in [2.05, 4.69) is 46.9 Å². The Kier molecular flexibility index (Phi) is 5.03. The van der Waals surface area contributed by atoms with E-state index in [4.69, 9.17) is 11.6 Å². The van der Waals surface area contributed by atoms with E-state index in [-0.39, 0.29) is 5.56 Å². The fourth-order valence-electron chi connectivity index (χ4n) is 2.11. The Hall–Kier alpha value is -1.70. The van der Waals surface area contributed by atoms with Crippen molar-refractivity contribution in [3.63, 3.8) is 0 Å². The molecule has 0 fully saturated rings. The Morgan fingerprint density at radius 2 is 2.00 bits per heavy atom. The summed E-state index contributed by atoms with van der Waals surface area (Å²) in [5.74, 6) is 0.497. The zero-order chi connectivity index (χ0) is 17.3. The van der Waals surface area contributed by atoms with Crippen LogP contribution in [0.25, 0.3) is 5.69 Å². The van der Waals surface area contributed by atoms with Crippen LogP contribution in [0.15, 0.2) is 55.3 Å². The van der Waals surface area contributed by atoms with Gasteiger partial charge in [-0.2, -0.15) is 0 Å². The van der Waals surface area contributed by atoms with Crippen LogP contribution in [0.2, 0.25) is 5.02 Å².